The Morgan fingerprint density at radius 1 is 1.15 bits per heavy atom. The number of nitrogens with one attached hydrogen (secondary N) is 1. The summed E-state index contributed by atoms with van der Waals surface area (Å²) >= 11 is 0. The number of imide groups is 1. The number of carbonyl (C=O) groups excluding carboxylic acids is 2. The van der Waals surface area contributed by atoms with E-state index in [1.807, 2.05) is 5.32 Å². The van der Waals surface area contributed by atoms with E-state index in [0.717, 1.165) is 0 Å². The minimum absolute atomic E-state index is 0.348. The van der Waals surface area contributed by atoms with Crippen molar-refractivity contribution in [1.82, 2.24) is 9.88 Å². The van der Waals surface area contributed by atoms with Gasteiger partial charge >= 0.3 is 0 Å². The number of carbonyl (C=O) groups is 2. The molecule has 1 aromatic carbocycles. The van der Waals surface area contributed by atoms with Gasteiger partial charge in [0, 0.05) is 18.2 Å². The summed E-state index contributed by atoms with van der Waals surface area (Å²) in [6.45, 7) is 0. The summed E-state index contributed by atoms with van der Waals surface area (Å²) in [7, 11) is -5.12. The first-order valence-electron chi connectivity index (χ1n) is 6.84. The summed E-state index contributed by atoms with van der Waals surface area (Å²) in [6, 6.07) is 1.68. The summed E-state index contributed by atoms with van der Waals surface area (Å²) in [5, 5.41) is 23.1. The highest BCUT2D eigenvalue weighted by molar-refractivity contribution is 7.86. The van der Waals surface area contributed by atoms with Gasteiger partial charge in [-0.25, -0.2) is 0 Å². The van der Waals surface area contributed by atoms with Crippen LogP contribution in [0.4, 0.5) is 11.5 Å². The zero-order chi connectivity index (χ0) is 20.3. The molecule has 2 amide bonds. The average molecular weight is 396 g/mol. The van der Waals surface area contributed by atoms with E-state index in [0.29, 0.717) is 22.8 Å². The normalized spacial score (nSPS) is 13.4. The number of aromatic hydroxyl groups is 1. The number of rotatable bonds is 3. The van der Waals surface area contributed by atoms with Gasteiger partial charge in [-0.15, -0.1) is 0 Å². The van der Waals surface area contributed by atoms with Crippen molar-refractivity contribution in [2.45, 2.75) is 4.90 Å². The molecule has 0 atom stereocenters. The zero-order valence-electron chi connectivity index (χ0n) is 12.9. The molecule has 0 bridgehead atoms. The van der Waals surface area contributed by atoms with Crippen LogP contribution in [0.1, 0.15) is 20.7 Å². The number of nitrogens with two attached hydrogens (primary N) is 1. The number of anilines is 1. The van der Waals surface area contributed by atoms with Gasteiger partial charge < -0.3 is 10.8 Å². The lowest BCUT2D eigenvalue weighted by atomic mass is 10.1. The molecular weight excluding hydrogens is 388 g/mol. The molecule has 0 spiro atoms. The van der Waals surface area contributed by atoms with Crippen LogP contribution in [0, 0.1) is 10.1 Å². The molecule has 1 aliphatic rings. The third-order valence-corrected chi connectivity index (χ3v) is 4.59. The molecule has 140 valence electrons. The maximum atomic E-state index is 12.3. The maximum absolute atomic E-state index is 12.3. The molecule has 2 aromatic rings. The molecule has 0 saturated heterocycles. The highest BCUT2D eigenvalue weighted by Gasteiger charge is 2.33. The van der Waals surface area contributed by atoms with Gasteiger partial charge in [0.1, 0.15) is 16.4 Å². The van der Waals surface area contributed by atoms with Crippen molar-refractivity contribution in [3.63, 3.8) is 0 Å². The monoisotopic (exact) mass is 396 g/mol. The molecule has 0 fully saturated rings. The lowest BCUT2D eigenvalue weighted by Gasteiger charge is -2.14. The van der Waals surface area contributed by atoms with Crippen molar-refractivity contribution < 1.29 is 32.6 Å². The quantitative estimate of drug-likeness (QED) is 0.218. The number of hydrogen-bond acceptors (Lipinski definition) is 9. The standard InChI is InChI=1S/C13H8N4O9S/c14-11-9-5(12(20)15-13(9)21)3-8(18)16(11)6-1-4(17(22)23)2-7(10(6)19)27(24,25)26/h1-3,19H,14H2,(H,15,20,21)(H,24,25,26). The fourth-order valence-electron chi connectivity index (χ4n) is 2.58. The predicted molar refractivity (Wildman–Crippen MR) is 86.4 cm³/mol. The van der Waals surface area contributed by atoms with Crippen molar-refractivity contribution in [2.24, 2.45) is 0 Å². The van der Waals surface area contributed by atoms with Crippen molar-refractivity contribution in [3.05, 3.63) is 49.8 Å². The molecule has 14 heteroatoms. The minimum atomic E-state index is -5.12. The van der Waals surface area contributed by atoms with Gasteiger partial charge in [0.15, 0.2) is 5.75 Å². The number of fused-ring (bicyclic) bond motifs is 1. The smallest absolute Gasteiger partial charge is 0.298 e. The molecule has 1 aliphatic heterocycles. The Hall–Kier alpha value is -3.78. The second-order valence-electron chi connectivity index (χ2n) is 5.32. The van der Waals surface area contributed by atoms with Gasteiger partial charge in [-0.05, 0) is 0 Å². The number of non-ortho nitro benzene ring substituents is 1. The van der Waals surface area contributed by atoms with E-state index in [-0.39, 0.29) is 5.56 Å². The van der Waals surface area contributed by atoms with Crippen LogP contribution in [-0.4, -0.2) is 39.4 Å². The molecule has 27 heavy (non-hydrogen) atoms. The van der Waals surface area contributed by atoms with Gasteiger partial charge in [0.25, 0.3) is 33.2 Å². The van der Waals surface area contributed by atoms with Gasteiger partial charge in [-0.2, -0.15) is 8.42 Å². The number of pyridine rings is 1. The molecule has 0 aliphatic carbocycles. The van der Waals surface area contributed by atoms with Crippen LogP contribution >= 0.6 is 0 Å². The highest BCUT2D eigenvalue weighted by Crippen LogP contribution is 2.35. The van der Waals surface area contributed by atoms with Crippen molar-refractivity contribution in [2.75, 3.05) is 5.73 Å². The van der Waals surface area contributed by atoms with E-state index < -0.39 is 65.8 Å². The fraction of sp³-hybridized carbons (Fsp3) is 0. The number of phenols is 1. The third-order valence-electron chi connectivity index (χ3n) is 3.72. The Labute approximate surface area is 148 Å². The number of benzene rings is 1. The SMILES string of the molecule is Nc1c2c(cc(=O)n1-c1cc([N+](=O)[O-])cc(S(=O)(=O)O)c1O)C(=O)NC2=O. The van der Waals surface area contributed by atoms with Crippen LogP contribution < -0.4 is 16.6 Å². The zero-order valence-corrected chi connectivity index (χ0v) is 13.7. The van der Waals surface area contributed by atoms with Crippen LogP contribution in [0.2, 0.25) is 0 Å². The summed E-state index contributed by atoms with van der Waals surface area (Å²) in [4.78, 5) is 44.6. The van der Waals surface area contributed by atoms with Crippen molar-refractivity contribution in [3.8, 4) is 11.4 Å². The van der Waals surface area contributed by atoms with Gasteiger partial charge in [-0.3, -0.25) is 38.9 Å². The molecular formula is C13H8N4O9S. The number of nitro benzene ring substituents is 1. The van der Waals surface area contributed by atoms with E-state index in [2.05, 4.69) is 0 Å². The van der Waals surface area contributed by atoms with E-state index in [4.69, 9.17) is 5.73 Å². The number of amides is 2. The predicted octanol–water partition coefficient (Wildman–Crippen LogP) is -0.836. The Bertz CT molecular complexity index is 1230. The van der Waals surface area contributed by atoms with Crippen LogP contribution in [0.3, 0.4) is 0 Å². The van der Waals surface area contributed by atoms with E-state index in [9.17, 15) is 42.6 Å². The molecule has 0 saturated carbocycles. The van der Waals surface area contributed by atoms with Crippen LogP contribution in [-0.2, 0) is 10.1 Å². The minimum Gasteiger partial charge on any atom is -0.504 e. The van der Waals surface area contributed by atoms with Gasteiger partial charge in [-0.1, -0.05) is 0 Å². The van der Waals surface area contributed by atoms with Crippen LogP contribution in [0.5, 0.6) is 5.75 Å². The number of nitrogen functional groups attached to an aromatic ring is 1. The average Bonchev–Trinajstić information content (AvgIpc) is 2.81. The third kappa shape index (κ3) is 2.68. The molecule has 1 aromatic heterocycles. The Kier molecular flexibility index (Phi) is 3.75. The first-order chi connectivity index (χ1) is 12.4. The summed E-state index contributed by atoms with van der Waals surface area (Å²) < 4.78 is 32.4. The first-order valence-corrected chi connectivity index (χ1v) is 8.28. The largest absolute Gasteiger partial charge is 0.504 e. The lowest BCUT2D eigenvalue weighted by molar-refractivity contribution is -0.385. The highest BCUT2D eigenvalue weighted by atomic mass is 32.2. The Morgan fingerprint density at radius 2 is 1.78 bits per heavy atom. The first kappa shape index (κ1) is 18.0. The molecule has 5 N–H and O–H groups in total. The number of hydrogen-bond donors (Lipinski definition) is 4. The van der Waals surface area contributed by atoms with Crippen molar-refractivity contribution >= 4 is 33.4 Å². The van der Waals surface area contributed by atoms with E-state index in [1.165, 1.54) is 0 Å². The molecule has 3 rings (SSSR count). The number of nitrogens with zero attached hydrogens (tertiary/aromatic N) is 2. The fourth-order valence-corrected chi connectivity index (χ4v) is 3.20. The molecule has 0 radical (unpaired) electrons. The summed E-state index contributed by atoms with van der Waals surface area (Å²) in [5.74, 6) is -3.74. The van der Waals surface area contributed by atoms with Crippen molar-refractivity contribution in [1.29, 1.82) is 0 Å². The summed E-state index contributed by atoms with van der Waals surface area (Å²) in [5.41, 5.74) is 2.18. The van der Waals surface area contributed by atoms with E-state index >= 15 is 0 Å². The topological polar surface area (TPSA) is 212 Å². The number of aromatic nitrogens is 1. The molecule has 2 heterocycles. The molecule has 0 unspecified atom stereocenters. The second-order valence-corrected chi connectivity index (χ2v) is 6.71. The number of nitro groups is 1. The van der Waals surface area contributed by atoms with E-state index in [1.54, 1.807) is 0 Å². The number of phenolic OH excluding ortho intramolecular Hbond substituents is 1. The van der Waals surface area contributed by atoms with Gasteiger partial charge in [0.2, 0.25) is 0 Å². The Morgan fingerprint density at radius 3 is 2.33 bits per heavy atom. The summed E-state index contributed by atoms with van der Waals surface area (Å²) in [6.07, 6.45) is 0. The second kappa shape index (κ2) is 5.61. The Balaban J connectivity index is 2.46. The van der Waals surface area contributed by atoms with Gasteiger partial charge in [0.05, 0.1) is 16.1 Å². The maximum Gasteiger partial charge on any atom is 0.298 e. The lowest BCUT2D eigenvalue weighted by Crippen LogP contribution is -2.24. The van der Waals surface area contributed by atoms with Crippen LogP contribution in [0.25, 0.3) is 5.69 Å². The van der Waals surface area contributed by atoms with Crippen LogP contribution in [0.15, 0.2) is 27.9 Å². The molecule has 13 nitrogen and oxygen atoms in total.